The number of ketones is 1. The molecule has 134 valence electrons. The first-order chi connectivity index (χ1) is 12.4. The number of amides is 1. The third kappa shape index (κ3) is 3.15. The lowest BCUT2D eigenvalue weighted by Gasteiger charge is -2.30. The van der Waals surface area contributed by atoms with Gasteiger partial charge in [0.25, 0.3) is 5.91 Å². The Morgan fingerprint density at radius 3 is 2.54 bits per heavy atom. The molecule has 0 saturated heterocycles. The number of anilines is 1. The number of hydrogen-bond donors (Lipinski definition) is 0. The van der Waals surface area contributed by atoms with E-state index in [1.54, 1.807) is 17.0 Å². The molecule has 1 aliphatic rings. The second kappa shape index (κ2) is 6.95. The zero-order valence-corrected chi connectivity index (χ0v) is 14.5. The van der Waals surface area contributed by atoms with Crippen LogP contribution in [0.3, 0.4) is 0 Å². The molecule has 0 saturated carbocycles. The van der Waals surface area contributed by atoms with Gasteiger partial charge < -0.3 is 9.64 Å². The first-order valence-corrected chi connectivity index (χ1v) is 8.20. The Bertz CT molecular complexity index is 907. The van der Waals surface area contributed by atoms with Crippen molar-refractivity contribution in [3.05, 3.63) is 63.2 Å². The third-order valence-electron chi connectivity index (χ3n) is 4.48. The lowest BCUT2D eigenvalue weighted by Crippen LogP contribution is -2.35. The van der Waals surface area contributed by atoms with Crippen LogP contribution in [0.4, 0.5) is 11.4 Å². The topological polar surface area (TPSA) is 89.8 Å². The van der Waals surface area contributed by atoms with Crippen LogP contribution in [0.2, 0.25) is 0 Å². The number of ether oxygens (including phenoxy) is 1. The van der Waals surface area contributed by atoms with Gasteiger partial charge in [-0.1, -0.05) is 12.1 Å². The molecule has 0 aliphatic carbocycles. The van der Waals surface area contributed by atoms with Gasteiger partial charge in [0.2, 0.25) is 0 Å². The van der Waals surface area contributed by atoms with Crippen LogP contribution in [0.1, 0.15) is 39.6 Å². The predicted molar refractivity (Wildman–Crippen MR) is 96.1 cm³/mol. The molecule has 0 radical (unpaired) electrons. The summed E-state index contributed by atoms with van der Waals surface area (Å²) in [5.74, 6) is -0.312. The molecule has 1 heterocycles. The van der Waals surface area contributed by atoms with Crippen LogP contribution in [0.15, 0.2) is 36.4 Å². The van der Waals surface area contributed by atoms with Gasteiger partial charge in [0.05, 0.1) is 12.0 Å². The lowest BCUT2D eigenvalue weighted by atomic mass is 9.97. The minimum Gasteiger partial charge on any atom is -0.490 e. The van der Waals surface area contributed by atoms with E-state index >= 15 is 0 Å². The fourth-order valence-electron chi connectivity index (χ4n) is 3.13. The van der Waals surface area contributed by atoms with Crippen LogP contribution in [0, 0.1) is 10.1 Å². The summed E-state index contributed by atoms with van der Waals surface area (Å²) in [5, 5.41) is 11.2. The van der Waals surface area contributed by atoms with E-state index in [0.717, 1.165) is 18.4 Å². The fraction of sp³-hybridized carbons (Fsp3) is 0.263. The fourth-order valence-corrected chi connectivity index (χ4v) is 3.13. The minimum atomic E-state index is -0.576. The van der Waals surface area contributed by atoms with E-state index in [1.165, 1.54) is 32.2 Å². The van der Waals surface area contributed by atoms with Gasteiger partial charge in [-0.05, 0) is 43.5 Å². The average Bonchev–Trinajstić information content (AvgIpc) is 2.65. The number of rotatable bonds is 4. The van der Waals surface area contributed by atoms with Crippen LogP contribution in [0.25, 0.3) is 0 Å². The largest absolute Gasteiger partial charge is 0.490 e. The average molecular weight is 354 g/mol. The van der Waals surface area contributed by atoms with Gasteiger partial charge in [-0.15, -0.1) is 0 Å². The summed E-state index contributed by atoms with van der Waals surface area (Å²) in [6.07, 6.45) is 1.61. The van der Waals surface area contributed by atoms with Gasteiger partial charge in [0.1, 0.15) is 0 Å². The van der Waals surface area contributed by atoms with E-state index in [-0.39, 0.29) is 28.7 Å². The Balaban J connectivity index is 2.02. The first kappa shape index (κ1) is 17.6. The van der Waals surface area contributed by atoms with E-state index < -0.39 is 4.92 Å². The second-order valence-electron chi connectivity index (χ2n) is 6.10. The quantitative estimate of drug-likeness (QED) is 0.477. The van der Waals surface area contributed by atoms with Gasteiger partial charge in [-0.2, -0.15) is 0 Å². The number of Topliss-reactive ketones (excluding diaryl/α,β-unsaturated/α-hetero) is 1. The van der Waals surface area contributed by atoms with Crippen molar-refractivity contribution in [1.29, 1.82) is 0 Å². The number of carbonyl (C=O) groups is 2. The minimum absolute atomic E-state index is 0.0779. The molecule has 0 spiro atoms. The second-order valence-corrected chi connectivity index (χ2v) is 6.10. The molecule has 0 aromatic heterocycles. The Labute approximate surface area is 150 Å². The highest BCUT2D eigenvalue weighted by atomic mass is 16.6. The molecule has 2 aromatic rings. The lowest BCUT2D eigenvalue weighted by molar-refractivity contribution is -0.385. The molecule has 3 rings (SSSR count). The zero-order chi connectivity index (χ0) is 18.8. The van der Waals surface area contributed by atoms with E-state index in [4.69, 9.17) is 4.74 Å². The van der Waals surface area contributed by atoms with Crippen molar-refractivity contribution < 1.29 is 19.2 Å². The molecule has 7 nitrogen and oxygen atoms in total. The maximum atomic E-state index is 13.0. The van der Waals surface area contributed by atoms with Crippen molar-refractivity contribution in [3.63, 3.8) is 0 Å². The van der Waals surface area contributed by atoms with Gasteiger partial charge in [-0.3, -0.25) is 19.7 Å². The number of nitro groups is 1. The summed E-state index contributed by atoms with van der Waals surface area (Å²) in [6, 6.07) is 9.49. The van der Waals surface area contributed by atoms with Gasteiger partial charge in [0.15, 0.2) is 11.5 Å². The number of aryl methyl sites for hydroxylation is 1. The Kier molecular flexibility index (Phi) is 4.71. The van der Waals surface area contributed by atoms with Gasteiger partial charge in [-0.25, -0.2) is 0 Å². The number of benzene rings is 2. The van der Waals surface area contributed by atoms with Crippen molar-refractivity contribution in [2.75, 3.05) is 18.6 Å². The highest BCUT2D eigenvalue weighted by Crippen LogP contribution is 2.32. The van der Waals surface area contributed by atoms with Gasteiger partial charge >= 0.3 is 5.69 Å². The van der Waals surface area contributed by atoms with Crippen molar-refractivity contribution in [1.82, 2.24) is 0 Å². The number of nitrogens with zero attached hydrogens (tertiary/aromatic N) is 2. The summed E-state index contributed by atoms with van der Waals surface area (Å²) in [7, 11) is 1.34. The number of hydrogen-bond acceptors (Lipinski definition) is 5. The zero-order valence-electron chi connectivity index (χ0n) is 14.5. The summed E-state index contributed by atoms with van der Waals surface area (Å²) in [4.78, 5) is 36.9. The third-order valence-corrected chi connectivity index (χ3v) is 4.48. The van der Waals surface area contributed by atoms with E-state index in [0.29, 0.717) is 17.8 Å². The van der Waals surface area contributed by atoms with Gasteiger partial charge in [0, 0.05) is 29.4 Å². The summed E-state index contributed by atoms with van der Waals surface area (Å²) >= 11 is 0. The molecule has 26 heavy (non-hydrogen) atoms. The molecule has 7 heteroatoms. The normalized spacial score (nSPS) is 13.1. The summed E-state index contributed by atoms with van der Waals surface area (Å²) in [6.45, 7) is 1.97. The Morgan fingerprint density at radius 1 is 1.15 bits per heavy atom. The number of fused-ring (bicyclic) bond motifs is 1. The monoisotopic (exact) mass is 354 g/mol. The highest BCUT2D eigenvalue weighted by molar-refractivity contribution is 6.08. The van der Waals surface area contributed by atoms with Crippen molar-refractivity contribution in [3.8, 4) is 5.75 Å². The van der Waals surface area contributed by atoms with Crippen molar-refractivity contribution in [2.24, 2.45) is 0 Å². The number of methoxy groups -OCH3 is 1. The van der Waals surface area contributed by atoms with Crippen molar-refractivity contribution >= 4 is 23.1 Å². The smallest absolute Gasteiger partial charge is 0.311 e. The molecule has 0 fully saturated rings. The maximum absolute atomic E-state index is 13.0. The van der Waals surface area contributed by atoms with Crippen LogP contribution in [-0.4, -0.2) is 30.3 Å². The number of carbonyl (C=O) groups excluding carboxylic acids is 2. The maximum Gasteiger partial charge on any atom is 0.311 e. The summed E-state index contributed by atoms with van der Waals surface area (Å²) in [5.41, 5.74) is 2.15. The SMILES string of the molecule is COc1ccc(C(=O)N2CCCc3ccc(C(C)=O)cc32)cc1[N+](=O)[O-]. The molecule has 1 amide bonds. The Hall–Kier alpha value is -3.22. The summed E-state index contributed by atoms with van der Waals surface area (Å²) < 4.78 is 4.98. The van der Waals surface area contributed by atoms with Crippen LogP contribution >= 0.6 is 0 Å². The Morgan fingerprint density at radius 2 is 1.88 bits per heavy atom. The van der Waals surface area contributed by atoms with E-state index in [2.05, 4.69) is 0 Å². The molecule has 1 aliphatic heterocycles. The molecule has 0 atom stereocenters. The molecular formula is C19H18N2O5. The standard InChI is InChI=1S/C19H18N2O5/c1-12(22)14-6-5-13-4-3-9-20(16(13)10-14)19(23)15-7-8-18(26-2)17(11-15)21(24)25/h5-8,10-11H,3-4,9H2,1-2H3. The molecule has 0 unspecified atom stereocenters. The van der Waals surface area contributed by atoms with E-state index in [9.17, 15) is 19.7 Å². The van der Waals surface area contributed by atoms with E-state index in [1.807, 2.05) is 6.07 Å². The molecule has 0 bridgehead atoms. The number of nitro benzene ring substituents is 1. The van der Waals surface area contributed by atoms with Crippen LogP contribution in [-0.2, 0) is 6.42 Å². The molecule has 2 aromatic carbocycles. The van der Waals surface area contributed by atoms with Crippen LogP contribution in [0.5, 0.6) is 5.75 Å². The molecular weight excluding hydrogens is 336 g/mol. The predicted octanol–water partition coefficient (Wildman–Crippen LogP) is 3.40. The molecule has 0 N–H and O–H groups in total. The van der Waals surface area contributed by atoms with Crippen molar-refractivity contribution in [2.45, 2.75) is 19.8 Å². The first-order valence-electron chi connectivity index (χ1n) is 8.20. The highest BCUT2D eigenvalue weighted by Gasteiger charge is 2.26. The van der Waals surface area contributed by atoms with Crippen LogP contribution < -0.4 is 9.64 Å².